The first-order chi connectivity index (χ1) is 11.8. The summed E-state index contributed by atoms with van der Waals surface area (Å²) < 4.78 is 5.47. The summed E-state index contributed by atoms with van der Waals surface area (Å²) in [4.78, 5) is 14.5. The third-order valence-electron chi connectivity index (χ3n) is 4.58. The molecule has 128 valence electrons. The van der Waals surface area contributed by atoms with E-state index in [1.165, 1.54) is 24.8 Å². The second-order valence-electron chi connectivity index (χ2n) is 6.43. The molecule has 0 unspecified atom stereocenters. The number of para-hydroxylation sites is 1. The van der Waals surface area contributed by atoms with Crippen molar-refractivity contribution >= 4 is 5.91 Å². The van der Waals surface area contributed by atoms with E-state index < -0.39 is 0 Å². The first-order valence-electron chi connectivity index (χ1n) is 8.84. The van der Waals surface area contributed by atoms with Gasteiger partial charge in [-0.1, -0.05) is 36.4 Å². The second kappa shape index (κ2) is 8.69. The molecular weight excluding hydrogens is 300 g/mol. The Kier molecular flexibility index (Phi) is 6.07. The van der Waals surface area contributed by atoms with E-state index >= 15 is 0 Å². The predicted octanol–water partition coefficient (Wildman–Crippen LogP) is 2.92. The average molecular weight is 326 g/mol. The Balaban J connectivity index is 1.41. The van der Waals surface area contributed by atoms with Crippen molar-refractivity contribution in [1.29, 1.82) is 0 Å². The maximum Gasteiger partial charge on any atom is 0.258 e. The first kappa shape index (κ1) is 16.8. The predicted molar refractivity (Wildman–Crippen MR) is 96.0 cm³/mol. The topological polar surface area (TPSA) is 41.6 Å². The van der Waals surface area contributed by atoms with Crippen molar-refractivity contribution in [3.8, 4) is 5.75 Å². The van der Waals surface area contributed by atoms with Crippen LogP contribution >= 0.6 is 0 Å². The summed E-state index contributed by atoms with van der Waals surface area (Å²) in [6, 6.07) is 10.00. The van der Waals surface area contributed by atoms with Crippen molar-refractivity contribution in [3.05, 3.63) is 54.1 Å². The van der Waals surface area contributed by atoms with Gasteiger partial charge in [0.05, 0.1) is 0 Å². The van der Waals surface area contributed by atoms with E-state index in [-0.39, 0.29) is 12.5 Å². The number of hydrogen-bond donors (Lipinski definition) is 1. The maximum absolute atomic E-state index is 12.0. The summed E-state index contributed by atoms with van der Waals surface area (Å²) in [5.74, 6) is 0.647. The van der Waals surface area contributed by atoms with Crippen LogP contribution in [0.5, 0.6) is 5.75 Å². The van der Waals surface area contributed by atoms with Gasteiger partial charge in [-0.25, -0.2) is 0 Å². The molecule has 0 fully saturated rings. The molecule has 0 aromatic heterocycles. The fourth-order valence-corrected chi connectivity index (χ4v) is 3.28. The van der Waals surface area contributed by atoms with Crippen molar-refractivity contribution < 1.29 is 9.53 Å². The zero-order valence-corrected chi connectivity index (χ0v) is 14.1. The molecule has 24 heavy (non-hydrogen) atoms. The van der Waals surface area contributed by atoms with Crippen molar-refractivity contribution in [2.24, 2.45) is 0 Å². The molecular formula is C20H26N2O2. The van der Waals surface area contributed by atoms with Gasteiger partial charge < -0.3 is 10.1 Å². The Bertz CT molecular complexity index is 595. The monoisotopic (exact) mass is 326 g/mol. The SMILES string of the molecule is O=C(COc1ccccc1)NCC1=CCCN([C@H]2C=CCCC2)C1. The molecule has 1 aliphatic carbocycles. The molecule has 1 aromatic rings. The summed E-state index contributed by atoms with van der Waals surface area (Å²) in [6.45, 7) is 2.74. The van der Waals surface area contributed by atoms with Gasteiger partial charge in [-0.2, -0.15) is 0 Å². The van der Waals surface area contributed by atoms with E-state index in [4.69, 9.17) is 4.74 Å². The van der Waals surface area contributed by atoms with Gasteiger partial charge in [0.25, 0.3) is 5.91 Å². The normalized spacial score (nSPS) is 21.2. The molecule has 4 nitrogen and oxygen atoms in total. The minimum atomic E-state index is -0.0746. The molecule has 1 amide bonds. The highest BCUT2D eigenvalue weighted by Crippen LogP contribution is 2.20. The number of amides is 1. The molecule has 1 aromatic carbocycles. The van der Waals surface area contributed by atoms with Crippen molar-refractivity contribution in [2.75, 3.05) is 26.2 Å². The van der Waals surface area contributed by atoms with Crippen molar-refractivity contribution in [1.82, 2.24) is 10.2 Å². The zero-order valence-electron chi connectivity index (χ0n) is 14.1. The standard InChI is InChI=1S/C20H26N2O2/c23-20(16-24-19-11-5-2-6-12-19)21-14-17-8-7-13-22(15-17)18-9-3-1-4-10-18/h2-3,5-6,8-9,11-12,18H,1,4,7,10,13-16H2,(H,21,23)/t18-/m0/s1. The molecule has 1 atom stereocenters. The number of nitrogens with one attached hydrogen (secondary N) is 1. The molecule has 0 saturated heterocycles. The Morgan fingerprint density at radius 1 is 1.25 bits per heavy atom. The number of nitrogens with zero attached hydrogens (tertiary/aromatic N) is 1. The Hall–Kier alpha value is -2.07. The van der Waals surface area contributed by atoms with Crippen LogP contribution in [0.15, 0.2) is 54.1 Å². The van der Waals surface area contributed by atoms with Crippen LogP contribution in [0.25, 0.3) is 0 Å². The number of carbonyl (C=O) groups is 1. The second-order valence-corrected chi connectivity index (χ2v) is 6.43. The number of rotatable bonds is 6. The van der Waals surface area contributed by atoms with E-state index in [9.17, 15) is 4.79 Å². The third-order valence-corrected chi connectivity index (χ3v) is 4.58. The summed E-state index contributed by atoms with van der Waals surface area (Å²) in [5, 5.41) is 2.97. The van der Waals surface area contributed by atoms with Gasteiger partial charge in [-0.15, -0.1) is 0 Å². The molecule has 4 heteroatoms. The number of hydrogen-bond acceptors (Lipinski definition) is 3. The van der Waals surface area contributed by atoms with Crippen LogP contribution in [0.3, 0.4) is 0 Å². The number of ether oxygens (including phenoxy) is 1. The average Bonchev–Trinajstić information content (AvgIpc) is 2.66. The molecule has 1 heterocycles. The highest BCUT2D eigenvalue weighted by molar-refractivity contribution is 5.77. The highest BCUT2D eigenvalue weighted by atomic mass is 16.5. The van der Waals surface area contributed by atoms with Crippen LogP contribution < -0.4 is 10.1 Å². The molecule has 1 aliphatic heterocycles. The van der Waals surface area contributed by atoms with E-state index in [0.29, 0.717) is 12.6 Å². The van der Waals surface area contributed by atoms with Gasteiger partial charge in [0, 0.05) is 25.7 Å². The van der Waals surface area contributed by atoms with Gasteiger partial charge in [0.2, 0.25) is 0 Å². The van der Waals surface area contributed by atoms with E-state index in [1.54, 1.807) is 0 Å². The lowest BCUT2D eigenvalue weighted by Gasteiger charge is -2.34. The molecule has 0 bridgehead atoms. The number of allylic oxidation sites excluding steroid dienone is 1. The van der Waals surface area contributed by atoms with Crippen molar-refractivity contribution in [2.45, 2.75) is 31.7 Å². The molecule has 0 saturated carbocycles. The molecule has 1 N–H and O–H groups in total. The maximum atomic E-state index is 12.0. The summed E-state index contributed by atoms with van der Waals surface area (Å²) in [5.41, 5.74) is 1.30. The van der Waals surface area contributed by atoms with Gasteiger partial charge in [0.15, 0.2) is 6.61 Å². The van der Waals surface area contributed by atoms with E-state index in [2.05, 4.69) is 28.4 Å². The van der Waals surface area contributed by atoms with Crippen LogP contribution in [0.1, 0.15) is 25.7 Å². The van der Waals surface area contributed by atoms with Gasteiger partial charge in [0.1, 0.15) is 5.75 Å². The minimum absolute atomic E-state index is 0.0619. The van der Waals surface area contributed by atoms with Gasteiger partial charge >= 0.3 is 0 Å². The third kappa shape index (κ3) is 4.96. The van der Waals surface area contributed by atoms with Crippen molar-refractivity contribution in [3.63, 3.8) is 0 Å². The Morgan fingerprint density at radius 3 is 2.92 bits per heavy atom. The van der Waals surface area contributed by atoms with Crippen LogP contribution in [0.2, 0.25) is 0 Å². The van der Waals surface area contributed by atoms with E-state index in [1.807, 2.05) is 30.3 Å². The quantitative estimate of drug-likeness (QED) is 0.817. The lowest BCUT2D eigenvalue weighted by molar-refractivity contribution is -0.122. The van der Waals surface area contributed by atoms with Gasteiger partial charge in [-0.3, -0.25) is 9.69 Å². The Labute approximate surface area is 144 Å². The highest BCUT2D eigenvalue weighted by Gasteiger charge is 2.20. The molecule has 0 radical (unpaired) electrons. The first-order valence-corrected chi connectivity index (χ1v) is 8.84. The molecule has 3 rings (SSSR count). The lowest BCUT2D eigenvalue weighted by atomic mass is 9.99. The lowest BCUT2D eigenvalue weighted by Crippen LogP contribution is -2.41. The fraction of sp³-hybridized carbons (Fsp3) is 0.450. The minimum Gasteiger partial charge on any atom is -0.484 e. The Morgan fingerprint density at radius 2 is 2.12 bits per heavy atom. The number of benzene rings is 1. The molecule has 2 aliphatic rings. The van der Waals surface area contributed by atoms with Crippen LogP contribution in [0.4, 0.5) is 0 Å². The molecule has 0 spiro atoms. The summed E-state index contributed by atoms with van der Waals surface area (Å²) in [6.07, 6.45) is 11.7. The largest absolute Gasteiger partial charge is 0.484 e. The number of carbonyl (C=O) groups excluding carboxylic acids is 1. The van der Waals surface area contributed by atoms with Crippen LogP contribution in [0, 0.1) is 0 Å². The van der Waals surface area contributed by atoms with Gasteiger partial charge in [-0.05, 0) is 43.4 Å². The van der Waals surface area contributed by atoms with E-state index in [0.717, 1.165) is 25.3 Å². The fourth-order valence-electron chi connectivity index (χ4n) is 3.28. The smallest absolute Gasteiger partial charge is 0.258 e. The van der Waals surface area contributed by atoms with Crippen LogP contribution in [-0.2, 0) is 4.79 Å². The zero-order chi connectivity index (χ0) is 16.6. The summed E-state index contributed by atoms with van der Waals surface area (Å²) >= 11 is 0. The summed E-state index contributed by atoms with van der Waals surface area (Å²) in [7, 11) is 0. The van der Waals surface area contributed by atoms with Crippen LogP contribution in [-0.4, -0.2) is 43.1 Å².